The molecule has 1 N–H and O–H groups in total. The number of aromatic nitrogens is 2. The molecule has 0 aliphatic carbocycles. The van der Waals surface area contributed by atoms with E-state index in [1.54, 1.807) is 13.8 Å². The van der Waals surface area contributed by atoms with Gasteiger partial charge in [-0.15, -0.1) is 0 Å². The van der Waals surface area contributed by atoms with Crippen molar-refractivity contribution in [2.24, 2.45) is 0 Å². The second kappa shape index (κ2) is 4.44. The minimum Gasteiger partial charge on any atom is -0.415 e. The zero-order chi connectivity index (χ0) is 13.3. The lowest BCUT2D eigenvalue weighted by atomic mass is 10.2. The van der Waals surface area contributed by atoms with Crippen LogP contribution in [-0.4, -0.2) is 28.0 Å². The van der Waals surface area contributed by atoms with Gasteiger partial charge in [0.2, 0.25) is 5.91 Å². The zero-order valence-corrected chi connectivity index (χ0v) is 10.0. The van der Waals surface area contributed by atoms with Gasteiger partial charge in [0.25, 0.3) is 0 Å². The molecule has 18 heavy (non-hydrogen) atoms. The van der Waals surface area contributed by atoms with E-state index >= 15 is 0 Å². The number of nitrogens with one attached hydrogen (secondary N) is 1. The van der Waals surface area contributed by atoms with Gasteiger partial charge < -0.3 is 10.1 Å². The van der Waals surface area contributed by atoms with Crippen LogP contribution in [0.2, 0.25) is 0 Å². The van der Waals surface area contributed by atoms with Gasteiger partial charge in [-0.25, -0.2) is 19.7 Å². The van der Waals surface area contributed by atoms with Crippen LogP contribution in [0, 0.1) is 0 Å². The van der Waals surface area contributed by atoms with Gasteiger partial charge in [-0.3, -0.25) is 4.79 Å². The number of ether oxygens (including phenoxy) is 1. The lowest BCUT2D eigenvalue weighted by Gasteiger charge is -2.31. The standard InChI is InChI=1S/C11H12N4O3/c1-6(2)18-11(17)15-7(3)10(16)14-8-4-12-5-13-9(8)15/h4-5,7H,1H2,2-3H3,(H,14,16). The van der Waals surface area contributed by atoms with Gasteiger partial charge in [-0.2, -0.15) is 0 Å². The molecule has 7 nitrogen and oxygen atoms in total. The van der Waals surface area contributed by atoms with Crippen molar-refractivity contribution in [3.05, 3.63) is 24.9 Å². The van der Waals surface area contributed by atoms with E-state index in [2.05, 4.69) is 21.9 Å². The Balaban J connectivity index is 2.41. The van der Waals surface area contributed by atoms with Gasteiger partial charge >= 0.3 is 6.09 Å². The van der Waals surface area contributed by atoms with Crippen molar-refractivity contribution in [3.8, 4) is 0 Å². The highest BCUT2D eigenvalue weighted by molar-refractivity contribution is 6.09. The molecule has 1 atom stereocenters. The summed E-state index contributed by atoms with van der Waals surface area (Å²) in [6.45, 7) is 6.62. The van der Waals surface area contributed by atoms with E-state index in [1.807, 2.05) is 0 Å². The summed E-state index contributed by atoms with van der Waals surface area (Å²) in [5, 5.41) is 2.61. The van der Waals surface area contributed by atoms with E-state index in [1.165, 1.54) is 17.4 Å². The molecule has 0 fully saturated rings. The van der Waals surface area contributed by atoms with E-state index < -0.39 is 12.1 Å². The predicted octanol–water partition coefficient (Wildman–Crippen LogP) is 1.29. The summed E-state index contributed by atoms with van der Waals surface area (Å²) >= 11 is 0. The third-order valence-corrected chi connectivity index (χ3v) is 2.40. The summed E-state index contributed by atoms with van der Waals surface area (Å²) in [6, 6.07) is -0.709. The van der Waals surface area contributed by atoms with E-state index in [4.69, 9.17) is 4.74 Å². The molecule has 0 aromatic carbocycles. The first kappa shape index (κ1) is 12.0. The van der Waals surface area contributed by atoms with Crippen molar-refractivity contribution in [1.29, 1.82) is 0 Å². The van der Waals surface area contributed by atoms with E-state index in [9.17, 15) is 9.59 Å². The number of carbonyl (C=O) groups excluding carboxylic acids is 2. The molecule has 1 aliphatic heterocycles. The molecule has 0 spiro atoms. The zero-order valence-electron chi connectivity index (χ0n) is 10.0. The lowest BCUT2D eigenvalue weighted by Crippen LogP contribution is -2.50. The molecular weight excluding hydrogens is 236 g/mol. The van der Waals surface area contributed by atoms with Crippen LogP contribution >= 0.6 is 0 Å². The van der Waals surface area contributed by atoms with Gasteiger partial charge in [0.15, 0.2) is 5.82 Å². The Morgan fingerprint density at radius 1 is 1.61 bits per heavy atom. The van der Waals surface area contributed by atoms with Crippen molar-refractivity contribution in [2.45, 2.75) is 19.9 Å². The molecule has 1 aromatic heterocycles. The molecule has 0 bridgehead atoms. The fourth-order valence-corrected chi connectivity index (χ4v) is 1.58. The first-order valence-electron chi connectivity index (χ1n) is 5.28. The van der Waals surface area contributed by atoms with E-state index in [-0.39, 0.29) is 11.7 Å². The number of hydrogen-bond acceptors (Lipinski definition) is 5. The summed E-state index contributed by atoms with van der Waals surface area (Å²) in [6.07, 6.45) is 2.03. The Morgan fingerprint density at radius 3 is 3.00 bits per heavy atom. The fraction of sp³-hybridized carbons (Fsp3) is 0.273. The number of carbonyl (C=O) groups is 2. The Bertz CT molecular complexity index is 529. The molecule has 0 radical (unpaired) electrons. The molecule has 2 amide bonds. The second-order valence-corrected chi connectivity index (χ2v) is 3.87. The molecule has 0 saturated carbocycles. The van der Waals surface area contributed by atoms with Crippen LogP contribution in [-0.2, 0) is 9.53 Å². The van der Waals surface area contributed by atoms with Crippen molar-refractivity contribution in [2.75, 3.05) is 10.2 Å². The molecule has 1 aromatic rings. The third-order valence-electron chi connectivity index (χ3n) is 2.40. The maximum absolute atomic E-state index is 11.9. The quantitative estimate of drug-likeness (QED) is 0.757. The van der Waals surface area contributed by atoms with Crippen LogP contribution in [0.25, 0.3) is 0 Å². The highest BCUT2D eigenvalue weighted by atomic mass is 16.6. The second-order valence-electron chi connectivity index (χ2n) is 3.87. The minimum absolute atomic E-state index is 0.244. The van der Waals surface area contributed by atoms with Gasteiger partial charge in [0.1, 0.15) is 18.1 Å². The molecule has 94 valence electrons. The SMILES string of the molecule is C=C(C)OC(=O)N1c2ncncc2NC(=O)C1C. The van der Waals surface area contributed by atoms with Crippen molar-refractivity contribution < 1.29 is 14.3 Å². The highest BCUT2D eigenvalue weighted by Crippen LogP contribution is 2.29. The first-order valence-corrected chi connectivity index (χ1v) is 5.28. The number of hydrogen-bond donors (Lipinski definition) is 1. The average Bonchev–Trinajstić information content (AvgIpc) is 2.29. The van der Waals surface area contributed by atoms with Crippen LogP contribution < -0.4 is 10.2 Å². The van der Waals surface area contributed by atoms with Crippen LogP contribution in [0.15, 0.2) is 24.9 Å². The lowest BCUT2D eigenvalue weighted by molar-refractivity contribution is -0.117. The van der Waals surface area contributed by atoms with E-state index in [0.29, 0.717) is 11.5 Å². The highest BCUT2D eigenvalue weighted by Gasteiger charge is 2.36. The summed E-state index contributed by atoms with van der Waals surface area (Å²) in [5.74, 6) is 0.230. The molecular formula is C11H12N4O3. The fourth-order valence-electron chi connectivity index (χ4n) is 1.58. The molecule has 7 heteroatoms. The Hall–Kier alpha value is -2.44. The van der Waals surface area contributed by atoms with Gasteiger partial charge in [-0.1, -0.05) is 6.58 Å². The Kier molecular flexibility index (Phi) is 2.97. The van der Waals surface area contributed by atoms with Crippen LogP contribution in [0.3, 0.4) is 0 Å². The molecule has 0 saturated heterocycles. The summed E-state index contributed by atoms with van der Waals surface area (Å²) in [7, 11) is 0. The average molecular weight is 248 g/mol. The Labute approximate surface area is 103 Å². The van der Waals surface area contributed by atoms with Crippen molar-refractivity contribution in [3.63, 3.8) is 0 Å². The topological polar surface area (TPSA) is 84.4 Å². The first-order chi connectivity index (χ1) is 8.50. The number of fused-ring (bicyclic) bond motifs is 1. The normalized spacial score (nSPS) is 17.8. The largest absolute Gasteiger partial charge is 0.421 e. The molecule has 2 rings (SSSR count). The summed E-state index contributed by atoms with van der Waals surface area (Å²) in [5.41, 5.74) is 0.374. The van der Waals surface area contributed by atoms with Crippen LogP contribution in [0.1, 0.15) is 13.8 Å². The van der Waals surface area contributed by atoms with Gasteiger partial charge in [0, 0.05) is 0 Å². The third kappa shape index (κ3) is 2.02. The van der Waals surface area contributed by atoms with Crippen LogP contribution in [0.4, 0.5) is 16.3 Å². The van der Waals surface area contributed by atoms with Crippen LogP contribution in [0.5, 0.6) is 0 Å². The monoisotopic (exact) mass is 248 g/mol. The number of rotatable bonds is 1. The number of nitrogens with zero attached hydrogens (tertiary/aromatic N) is 3. The van der Waals surface area contributed by atoms with Crippen molar-refractivity contribution >= 4 is 23.5 Å². The molecule has 2 heterocycles. The number of amides is 2. The molecule has 1 aliphatic rings. The predicted molar refractivity (Wildman–Crippen MR) is 63.9 cm³/mol. The van der Waals surface area contributed by atoms with Gasteiger partial charge in [-0.05, 0) is 13.8 Å². The summed E-state index contributed by atoms with van der Waals surface area (Å²) < 4.78 is 4.92. The minimum atomic E-state index is -0.709. The maximum atomic E-state index is 11.9. The number of allylic oxidation sites excluding steroid dienone is 1. The van der Waals surface area contributed by atoms with E-state index in [0.717, 1.165) is 0 Å². The smallest absolute Gasteiger partial charge is 0.415 e. The Morgan fingerprint density at radius 2 is 2.33 bits per heavy atom. The number of anilines is 2. The maximum Gasteiger partial charge on any atom is 0.421 e. The molecule has 1 unspecified atom stereocenters. The summed E-state index contributed by atoms with van der Waals surface area (Å²) in [4.78, 5) is 32.6. The van der Waals surface area contributed by atoms with Crippen molar-refractivity contribution in [1.82, 2.24) is 9.97 Å². The van der Waals surface area contributed by atoms with Gasteiger partial charge in [0.05, 0.1) is 12.0 Å².